The van der Waals surface area contributed by atoms with Crippen LogP contribution in [0, 0.1) is 11.3 Å². The Morgan fingerprint density at radius 2 is 1.72 bits per heavy atom. The van der Waals surface area contributed by atoms with E-state index in [4.69, 9.17) is 19.4 Å². The van der Waals surface area contributed by atoms with E-state index in [-0.39, 0.29) is 24.2 Å². The quantitative estimate of drug-likeness (QED) is 0.158. The molecule has 4 heterocycles. The van der Waals surface area contributed by atoms with Crippen LogP contribution in [0.5, 0.6) is 6.01 Å². The lowest BCUT2D eigenvalue weighted by molar-refractivity contribution is 0.0473. The molecular weight excluding hydrogens is 663 g/mol. The van der Waals surface area contributed by atoms with Crippen LogP contribution in [-0.2, 0) is 24.3 Å². The van der Waals surface area contributed by atoms with Gasteiger partial charge in [-0.2, -0.15) is 15.2 Å². The first-order valence-corrected chi connectivity index (χ1v) is 18.7. The van der Waals surface area contributed by atoms with Crippen molar-refractivity contribution in [3.63, 3.8) is 0 Å². The Morgan fingerprint density at radius 3 is 2.57 bits per heavy atom. The number of anilines is 3. The fraction of sp³-hybridized carbons (Fsp3) is 0.349. The van der Waals surface area contributed by atoms with Gasteiger partial charge in [0.25, 0.3) is 0 Å². The number of fused-ring (bicyclic) bond motifs is 2. The predicted octanol–water partition coefficient (Wildman–Crippen LogP) is 6.68. The Morgan fingerprint density at radius 1 is 0.925 bits per heavy atom. The molecule has 0 aliphatic carbocycles. The number of piperazine rings is 1. The molecule has 270 valence electrons. The molecule has 2 atom stereocenters. The number of esters is 1. The second kappa shape index (κ2) is 15.1. The van der Waals surface area contributed by atoms with Gasteiger partial charge in [0.05, 0.1) is 42.0 Å². The molecule has 1 unspecified atom stereocenters. The minimum Gasteiger partial charge on any atom is -0.461 e. The van der Waals surface area contributed by atoms with Crippen LogP contribution in [0.15, 0.2) is 97.1 Å². The molecule has 1 aromatic heterocycles. The van der Waals surface area contributed by atoms with Crippen LogP contribution in [0.3, 0.4) is 0 Å². The minimum absolute atomic E-state index is 0.117. The van der Waals surface area contributed by atoms with Crippen LogP contribution in [0.25, 0.3) is 10.8 Å². The molecule has 2 saturated heterocycles. The van der Waals surface area contributed by atoms with E-state index >= 15 is 0 Å². The van der Waals surface area contributed by atoms with E-state index in [1.807, 2.05) is 54.6 Å². The normalized spacial score (nSPS) is 19.8. The summed E-state index contributed by atoms with van der Waals surface area (Å²) in [4.78, 5) is 30.5. The number of nitrogens with zero attached hydrogens (tertiary/aromatic N) is 6. The fourth-order valence-corrected chi connectivity index (χ4v) is 8.05. The lowest BCUT2D eigenvalue weighted by Gasteiger charge is -2.44. The van der Waals surface area contributed by atoms with Crippen LogP contribution in [0.2, 0.25) is 0 Å². The Kier molecular flexibility index (Phi) is 9.83. The maximum absolute atomic E-state index is 13.4. The molecule has 0 radical (unpaired) electrons. The monoisotopic (exact) mass is 707 g/mol. The molecule has 0 amide bonds. The lowest BCUT2D eigenvalue weighted by atomic mass is 10.0. The molecule has 10 heteroatoms. The molecule has 1 N–H and O–H groups in total. The zero-order chi connectivity index (χ0) is 36.2. The number of nitriles is 1. The number of hydrogen-bond donors (Lipinski definition) is 1. The smallest absolute Gasteiger partial charge is 0.340 e. The molecule has 4 aromatic carbocycles. The molecule has 3 aliphatic heterocycles. The SMILES string of the molecule is C[C@@]1(COc2nc3c(c(N4CCN(c5ccccc5C(=O)OCc5ccccc5)C(CC#N)C4)n2)CCN(c2cccc4ccccc24)C3)CCCN1. The van der Waals surface area contributed by atoms with Crippen molar-refractivity contribution in [2.24, 2.45) is 0 Å². The molecule has 53 heavy (non-hydrogen) atoms. The van der Waals surface area contributed by atoms with Gasteiger partial charge in [-0.15, -0.1) is 0 Å². The summed E-state index contributed by atoms with van der Waals surface area (Å²) in [5, 5.41) is 16.1. The highest BCUT2D eigenvalue weighted by Crippen LogP contribution is 2.36. The maximum Gasteiger partial charge on any atom is 0.340 e. The molecule has 0 saturated carbocycles. The van der Waals surface area contributed by atoms with Crippen molar-refractivity contribution in [3.8, 4) is 12.1 Å². The number of rotatable bonds is 10. The third-order valence-electron chi connectivity index (χ3n) is 10.9. The van der Waals surface area contributed by atoms with Gasteiger partial charge >= 0.3 is 12.0 Å². The number of para-hydroxylation sites is 1. The number of hydrogen-bond acceptors (Lipinski definition) is 10. The second-order valence-electron chi connectivity index (χ2n) is 14.5. The predicted molar refractivity (Wildman–Crippen MR) is 207 cm³/mol. The third kappa shape index (κ3) is 7.35. The molecule has 10 nitrogen and oxygen atoms in total. The number of carbonyl (C=O) groups is 1. The van der Waals surface area contributed by atoms with E-state index in [0.29, 0.717) is 50.8 Å². The Hall–Kier alpha value is -5.66. The van der Waals surface area contributed by atoms with Gasteiger partial charge in [0.2, 0.25) is 0 Å². The van der Waals surface area contributed by atoms with Crippen LogP contribution in [0.4, 0.5) is 17.2 Å². The first-order valence-electron chi connectivity index (χ1n) is 18.7. The van der Waals surface area contributed by atoms with Crippen molar-refractivity contribution >= 4 is 33.9 Å². The van der Waals surface area contributed by atoms with Gasteiger partial charge in [0.15, 0.2) is 0 Å². The van der Waals surface area contributed by atoms with E-state index < -0.39 is 0 Å². The molecule has 0 bridgehead atoms. The van der Waals surface area contributed by atoms with Crippen molar-refractivity contribution in [3.05, 3.63) is 119 Å². The van der Waals surface area contributed by atoms with Crippen LogP contribution >= 0.6 is 0 Å². The summed E-state index contributed by atoms with van der Waals surface area (Å²) in [6.45, 7) is 7.16. The average molecular weight is 708 g/mol. The summed E-state index contributed by atoms with van der Waals surface area (Å²) in [5.41, 5.74) is 5.39. The number of ether oxygens (including phenoxy) is 2. The van der Waals surface area contributed by atoms with Crippen molar-refractivity contribution < 1.29 is 14.3 Å². The van der Waals surface area contributed by atoms with Gasteiger partial charge in [-0.05, 0) is 61.9 Å². The van der Waals surface area contributed by atoms with E-state index in [0.717, 1.165) is 60.7 Å². The maximum atomic E-state index is 13.4. The summed E-state index contributed by atoms with van der Waals surface area (Å²) in [7, 11) is 0. The number of aromatic nitrogens is 2. The fourth-order valence-electron chi connectivity index (χ4n) is 8.05. The molecule has 0 spiro atoms. The lowest BCUT2D eigenvalue weighted by Crippen LogP contribution is -2.54. The first kappa shape index (κ1) is 34.4. The summed E-state index contributed by atoms with van der Waals surface area (Å²) in [5.74, 6) is 0.501. The molecular formula is C43H45N7O3. The van der Waals surface area contributed by atoms with Gasteiger partial charge in [-0.1, -0.05) is 78.9 Å². The van der Waals surface area contributed by atoms with Crippen LogP contribution < -0.4 is 24.8 Å². The summed E-state index contributed by atoms with van der Waals surface area (Å²) in [6.07, 6.45) is 3.24. The Labute approximate surface area is 311 Å². The van der Waals surface area contributed by atoms with Gasteiger partial charge in [0, 0.05) is 48.4 Å². The Bertz CT molecular complexity index is 2120. The average Bonchev–Trinajstić information content (AvgIpc) is 3.65. The first-order chi connectivity index (χ1) is 26.0. The minimum atomic E-state index is -0.379. The summed E-state index contributed by atoms with van der Waals surface area (Å²) < 4.78 is 12.2. The number of carbonyl (C=O) groups excluding carboxylic acids is 1. The van der Waals surface area contributed by atoms with E-state index in [1.165, 1.54) is 16.5 Å². The van der Waals surface area contributed by atoms with Crippen LogP contribution in [-0.4, -0.2) is 66.8 Å². The molecule has 5 aromatic rings. The highest BCUT2D eigenvalue weighted by atomic mass is 16.5. The topological polar surface area (TPSA) is 107 Å². The second-order valence-corrected chi connectivity index (χ2v) is 14.5. The van der Waals surface area contributed by atoms with Crippen molar-refractivity contribution in [2.75, 3.05) is 54.0 Å². The van der Waals surface area contributed by atoms with Gasteiger partial charge in [-0.3, -0.25) is 0 Å². The van der Waals surface area contributed by atoms with E-state index in [9.17, 15) is 10.1 Å². The zero-order valence-electron chi connectivity index (χ0n) is 30.2. The van der Waals surface area contributed by atoms with E-state index in [1.54, 1.807) is 0 Å². The Balaban J connectivity index is 1.08. The van der Waals surface area contributed by atoms with Crippen molar-refractivity contribution in [2.45, 2.75) is 57.3 Å². The highest BCUT2D eigenvalue weighted by Gasteiger charge is 2.35. The van der Waals surface area contributed by atoms with Gasteiger partial charge in [-0.25, -0.2) is 4.79 Å². The van der Waals surface area contributed by atoms with Crippen LogP contribution in [0.1, 0.15) is 53.4 Å². The molecule has 2 fully saturated rings. The summed E-state index contributed by atoms with van der Waals surface area (Å²) in [6, 6.07) is 34.9. The number of nitrogens with one attached hydrogen (secondary N) is 1. The molecule has 3 aliphatic rings. The van der Waals surface area contributed by atoms with Crippen molar-refractivity contribution in [1.82, 2.24) is 15.3 Å². The zero-order valence-corrected chi connectivity index (χ0v) is 30.2. The van der Waals surface area contributed by atoms with Crippen molar-refractivity contribution in [1.29, 1.82) is 5.26 Å². The third-order valence-corrected chi connectivity index (χ3v) is 10.9. The highest BCUT2D eigenvalue weighted by molar-refractivity contribution is 5.96. The standard InChI is InChI=1S/C43H45N7O3/c1-43(21-10-23-45-43)30-53-42-46-37-28-48(38-18-9-14-32-13-5-6-15-34(32)38)24-20-35(37)40(47-42)49-25-26-50(33(27-49)19-22-44)39-17-8-7-16-36(39)41(51)52-29-31-11-3-2-4-12-31/h2-9,11-18,33,45H,10,19-21,23-30H2,1H3/t33?,43-/m0/s1. The number of benzene rings is 4. The van der Waals surface area contributed by atoms with Gasteiger partial charge in [0.1, 0.15) is 19.0 Å². The summed E-state index contributed by atoms with van der Waals surface area (Å²) >= 11 is 0. The van der Waals surface area contributed by atoms with Gasteiger partial charge < -0.3 is 29.5 Å². The van der Waals surface area contributed by atoms with E-state index in [2.05, 4.69) is 75.5 Å². The molecule has 8 rings (SSSR count). The largest absolute Gasteiger partial charge is 0.461 e.